The van der Waals surface area contributed by atoms with Gasteiger partial charge in [-0.05, 0) is 47.6 Å². The third-order valence-corrected chi connectivity index (χ3v) is 7.00. The second-order valence-electron chi connectivity index (χ2n) is 7.99. The maximum absolute atomic E-state index is 13.7. The fourth-order valence-electron chi connectivity index (χ4n) is 3.93. The number of aryl methyl sites for hydroxylation is 1. The lowest BCUT2D eigenvalue weighted by molar-refractivity contribution is -0.136. The van der Waals surface area contributed by atoms with Gasteiger partial charge in [0.05, 0.1) is 17.8 Å². The van der Waals surface area contributed by atoms with Crippen LogP contribution in [0, 0.1) is 12.7 Å². The first-order valence-corrected chi connectivity index (χ1v) is 12.4. The number of carbonyl (C=O) groups is 1. The minimum Gasteiger partial charge on any atom is -0.424 e. The Kier molecular flexibility index (Phi) is 8.61. The molecule has 0 radical (unpaired) electrons. The number of nitrogens with zero attached hydrogens (tertiary/aromatic N) is 1. The normalized spacial score (nSPS) is 13.3. The molecule has 0 amide bonds. The number of benzene rings is 2. The molecule has 0 aliphatic rings. The molecule has 3 aromatic rings. The van der Waals surface area contributed by atoms with Crippen molar-refractivity contribution in [2.75, 3.05) is 0 Å². The second-order valence-corrected chi connectivity index (χ2v) is 9.25. The molecule has 2 N–H and O–H groups in total. The molecule has 0 aliphatic heterocycles. The Balaban J connectivity index is 2.10. The second kappa shape index (κ2) is 11.4. The van der Waals surface area contributed by atoms with E-state index in [9.17, 15) is 23.7 Å². The van der Waals surface area contributed by atoms with Crippen LogP contribution in [0.4, 0.5) is 4.39 Å². The van der Waals surface area contributed by atoms with E-state index in [1.807, 2.05) is 44.2 Å². The number of hydrogen-bond donors (Lipinski definition) is 2. The molecule has 3 rings (SSSR count). The first-order chi connectivity index (χ1) is 16.3. The Labute approximate surface area is 199 Å². The number of ether oxygens (including phenoxy) is 1. The van der Waals surface area contributed by atoms with E-state index in [-0.39, 0.29) is 18.0 Å². The van der Waals surface area contributed by atoms with Crippen molar-refractivity contribution in [1.29, 1.82) is 0 Å². The standard InChI is InChI=1S/C26H27FNO5P/c1-4-20-26(33-23(30)15-21(29)22(5-2)34(31)32)24(17-11-13-19(27)14-12-17)16(3)25(28-20)18-9-7-6-8-10-18/h6-14,21-22,29H,4-5,15H2,1-3H3/p+1. The molecule has 2 aromatic carbocycles. The maximum Gasteiger partial charge on any atom is 0.511 e. The van der Waals surface area contributed by atoms with Gasteiger partial charge >= 0.3 is 14.0 Å². The molecule has 34 heavy (non-hydrogen) atoms. The molecule has 1 aromatic heterocycles. The van der Waals surface area contributed by atoms with Gasteiger partial charge in [-0.2, -0.15) is 4.89 Å². The summed E-state index contributed by atoms with van der Waals surface area (Å²) in [6.07, 6.45) is -1.05. The first-order valence-electron chi connectivity index (χ1n) is 11.2. The Hall–Kier alpha value is -2.99. The summed E-state index contributed by atoms with van der Waals surface area (Å²) < 4.78 is 30.9. The smallest absolute Gasteiger partial charge is 0.424 e. The van der Waals surface area contributed by atoms with Gasteiger partial charge in [0.2, 0.25) is 5.66 Å². The van der Waals surface area contributed by atoms with E-state index >= 15 is 0 Å². The van der Waals surface area contributed by atoms with Gasteiger partial charge in [0.15, 0.2) is 5.75 Å². The summed E-state index contributed by atoms with van der Waals surface area (Å²) in [5.41, 5.74) is 3.24. The molecule has 1 heterocycles. The van der Waals surface area contributed by atoms with E-state index in [4.69, 9.17) is 9.72 Å². The highest BCUT2D eigenvalue weighted by atomic mass is 31.1. The molecule has 0 spiro atoms. The van der Waals surface area contributed by atoms with Gasteiger partial charge in [0.1, 0.15) is 11.9 Å². The minimum absolute atomic E-state index is 0.241. The summed E-state index contributed by atoms with van der Waals surface area (Å²) in [7, 11) is -2.64. The van der Waals surface area contributed by atoms with E-state index in [2.05, 4.69) is 0 Å². The lowest BCUT2D eigenvalue weighted by Crippen LogP contribution is -2.27. The number of halogens is 1. The van der Waals surface area contributed by atoms with E-state index < -0.39 is 32.2 Å². The van der Waals surface area contributed by atoms with Gasteiger partial charge in [-0.1, -0.05) is 56.3 Å². The van der Waals surface area contributed by atoms with Gasteiger partial charge in [-0.15, -0.1) is 0 Å². The SMILES string of the molecule is CCc1nc(-c2ccccc2)c(C)c(-c2ccc(F)cc2)c1OC(=O)CC(O)C(CC)[P+](=O)O. The van der Waals surface area contributed by atoms with E-state index in [1.54, 1.807) is 19.1 Å². The number of hydrogen-bond acceptors (Lipinski definition) is 5. The molecule has 3 unspecified atom stereocenters. The molecule has 8 heteroatoms. The van der Waals surface area contributed by atoms with Crippen LogP contribution in [-0.2, 0) is 15.8 Å². The molecule has 178 valence electrons. The number of esters is 1. The molecular weight excluding hydrogens is 456 g/mol. The molecule has 0 bridgehead atoms. The van der Waals surface area contributed by atoms with Crippen molar-refractivity contribution in [3.05, 3.63) is 71.7 Å². The first kappa shape index (κ1) is 25.6. The average molecular weight is 484 g/mol. The van der Waals surface area contributed by atoms with Crippen LogP contribution in [0.25, 0.3) is 22.4 Å². The zero-order valence-electron chi connectivity index (χ0n) is 19.4. The number of aliphatic hydroxyl groups is 1. The van der Waals surface area contributed by atoms with Gasteiger partial charge in [0, 0.05) is 11.1 Å². The van der Waals surface area contributed by atoms with E-state index in [0.29, 0.717) is 23.2 Å². The summed E-state index contributed by atoms with van der Waals surface area (Å²) in [4.78, 5) is 27.0. The Bertz CT molecular complexity index is 1170. The fraction of sp³-hybridized carbons (Fsp3) is 0.308. The zero-order chi connectivity index (χ0) is 24.8. The summed E-state index contributed by atoms with van der Waals surface area (Å²) in [6, 6.07) is 15.5. The molecule has 0 fully saturated rings. The summed E-state index contributed by atoms with van der Waals surface area (Å²) in [5.74, 6) is -0.890. The maximum atomic E-state index is 13.7. The quantitative estimate of drug-likeness (QED) is 0.303. The lowest BCUT2D eigenvalue weighted by Gasteiger charge is -2.20. The molecule has 0 saturated carbocycles. The average Bonchev–Trinajstić information content (AvgIpc) is 2.81. The van der Waals surface area contributed by atoms with Crippen LogP contribution in [0.2, 0.25) is 0 Å². The number of pyridine rings is 1. The van der Waals surface area contributed by atoms with Gasteiger partial charge < -0.3 is 9.84 Å². The third kappa shape index (κ3) is 5.73. The highest BCUT2D eigenvalue weighted by Gasteiger charge is 2.36. The van der Waals surface area contributed by atoms with Crippen molar-refractivity contribution in [3.63, 3.8) is 0 Å². The topological polar surface area (TPSA) is 96.7 Å². The Morgan fingerprint density at radius 2 is 1.74 bits per heavy atom. The summed E-state index contributed by atoms with van der Waals surface area (Å²) >= 11 is 0. The molecular formula is C26H28FNO5P+. The van der Waals surface area contributed by atoms with Crippen LogP contribution in [0.15, 0.2) is 54.6 Å². The largest absolute Gasteiger partial charge is 0.511 e. The lowest BCUT2D eigenvalue weighted by atomic mass is 9.94. The monoisotopic (exact) mass is 484 g/mol. The summed E-state index contributed by atoms with van der Waals surface area (Å²) in [6.45, 7) is 5.42. The van der Waals surface area contributed by atoms with Crippen LogP contribution < -0.4 is 4.74 Å². The van der Waals surface area contributed by atoms with Crippen molar-refractivity contribution in [3.8, 4) is 28.1 Å². The van der Waals surface area contributed by atoms with E-state index in [1.165, 1.54) is 12.1 Å². The van der Waals surface area contributed by atoms with Crippen molar-refractivity contribution in [2.24, 2.45) is 0 Å². The number of aromatic nitrogens is 1. The van der Waals surface area contributed by atoms with E-state index in [0.717, 1.165) is 16.8 Å². The summed E-state index contributed by atoms with van der Waals surface area (Å²) in [5, 5.41) is 10.3. The third-order valence-electron chi connectivity index (χ3n) is 5.72. The minimum atomic E-state index is -2.64. The zero-order valence-corrected chi connectivity index (χ0v) is 20.3. The number of carbonyl (C=O) groups excluding carboxylic acids is 1. The van der Waals surface area contributed by atoms with Crippen molar-refractivity contribution in [1.82, 2.24) is 4.98 Å². The highest BCUT2D eigenvalue weighted by molar-refractivity contribution is 7.39. The number of rotatable bonds is 9. The van der Waals surface area contributed by atoms with Crippen molar-refractivity contribution < 1.29 is 28.5 Å². The molecule has 3 atom stereocenters. The predicted octanol–water partition coefficient (Wildman–Crippen LogP) is 5.60. The van der Waals surface area contributed by atoms with Crippen LogP contribution in [-0.4, -0.2) is 32.7 Å². The van der Waals surface area contributed by atoms with Crippen molar-refractivity contribution in [2.45, 2.75) is 51.8 Å². The van der Waals surface area contributed by atoms with Crippen LogP contribution in [0.1, 0.15) is 37.9 Å². The van der Waals surface area contributed by atoms with Crippen LogP contribution in [0.5, 0.6) is 5.75 Å². The predicted molar refractivity (Wildman–Crippen MR) is 129 cm³/mol. The van der Waals surface area contributed by atoms with Gasteiger partial charge in [-0.25, -0.2) is 9.37 Å². The fourth-order valence-corrected chi connectivity index (χ4v) is 4.64. The molecule has 0 aliphatic carbocycles. The molecule has 6 nitrogen and oxygen atoms in total. The van der Waals surface area contributed by atoms with Gasteiger partial charge in [-0.3, -0.25) is 4.79 Å². The highest BCUT2D eigenvalue weighted by Crippen LogP contribution is 2.40. The Morgan fingerprint density at radius 3 is 2.29 bits per heavy atom. The Morgan fingerprint density at radius 1 is 1.09 bits per heavy atom. The van der Waals surface area contributed by atoms with Gasteiger partial charge in [0.25, 0.3) is 0 Å². The van der Waals surface area contributed by atoms with Crippen LogP contribution in [0.3, 0.4) is 0 Å². The van der Waals surface area contributed by atoms with Crippen LogP contribution >= 0.6 is 8.03 Å². The number of aliphatic hydroxyl groups excluding tert-OH is 1. The van der Waals surface area contributed by atoms with Crippen molar-refractivity contribution >= 4 is 14.0 Å². The molecule has 0 saturated heterocycles.